The first kappa shape index (κ1) is 18.4. The number of nitrogens with zero attached hydrogens (tertiary/aromatic N) is 3. The van der Waals surface area contributed by atoms with E-state index < -0.39 is 0 Å². The van der Waals surface area contributed by atoms with Gasteiger partial charge >= 0.3 is 0 Å². The quantitative estimate of drug-likeness (QED) is 0.879. The summed E-state index contributed by atoms with van der Waals surface area (Å²) in [7, 11) is 0. The van der Waals surface area contributed by atoms with E-state index in [1.54, 1.807) is 15.9 Å². The van der Waals surface area contributed by atoms with Gasteiger partial charge in [-0.2, -0.15) is 0 Å². The van der Waals surface area contributed by atoms with Gasteiger partial charge in [-0.25, -0.2) is 4.98 Å². The molecular weight excluding hydrogens is 356 g/mol. The molecule has 1 aromatic carbocycles. The highest BCUT2D eigenvalue weighted by Gasteiger charge is 2.35. The largest absolute Gasteiger partial charge is 0.331 e. The van der Waals surface area contributed by atoms with Crippen molar-refractivity contribution >= 4 is 11.8 Å². The molecule has 1 aromatic heterocycles. The number of rotatable bonds is 4. The van der Waals surface area contributed by atoms with Crippen molar-refractivity contribution in [1.82, 2.24) is 19.8 Å². The fourth-order valence-electron chi connectivity index (χ4n) is 4.25. The molecule has 4 rings (SSSR count). The van der Waals surface area contributed by atoms with E-state index in [0.29, 0.717) is 42.2 Å². The molecule has 1 N–H and O–H groups in total. The summed E-state index contributed by atoms with van der Waals surface area (Å²) < 4.78 is 0. The third-order valence-electron chi connectivity index (χ3n) is 5.71. The van der Waals surface area contributed by atoms with Gasteiger partial charge in [0.2, 0.25) is 5.91 Å². The van der Waals surface area contributed by atoms with E-state index in [4.69, 9.17) is 0 Å². The van der Waals surface area contributed by atoms with E-state index in [1.165, 1.54) is 0 Å². The van der Waals surface area contributed by atoms with Crippen LogP contribution in [0.5, 0.6) is 0 Å². The molecule has 1 fully saturated rings. The Kier molecular flexibility index (Phi) is 4.75. The standard InChI is InChI=1S/C21H24N4O3/c1-3-15-13(2)22-19(23-20(15)27)17-9-6-10-25(17)18(26)12-24-11-14-7-4-5-8-16(14)21(24)28/h4-5,7-8,17H,3,6,9-12H2,1-2H3,(H,22,23,27). The van der Waals surface area contributed by atoms with E-state index in [0.717, 1.165) is 18.4 Å². The second-order valence-corrected chi connectivity index (χ2v) is 7.43. The Hall–Kier alpha value is -2.96. The van der Waals surface area contributed by atoms with Crippen LogP contribution in [0.1, 0.15) is 58.8 Å². The normalized spacial score (nSPS) is 18.6. The third-order valence-corrected chi connectivity index (χ3v) is 5.71. The van der Waals surface area contributed by atoms with E-state index in [-0.39, 0.29) is 30.0 Å². The van der Waals surface area contributed by atoms with E-state index in [2.05, 4.69) is 9.97 Å². The Bertz CT molecular complexity index is 997. The summed E-state index contributed by atoms with van der Waals surface area (Å²) in [6, 6.07) is 7.21. The van der Waals surface area contributed by atoms with Gasteiger partial charge in [-0.15, -0.1) is 0 Å². The Balaban J connectivity index is 1.52. The highest BCUT2D eigenvalue weighted by atomic mass is 16.2. The molecule has 7 nitrogen and oxygen atoms in total. The zero-order valence-corrected chi connectivity index (χ0v) is 16.2. The molecule has 2 amide bonds. The van der Waals surface area contributed by atoms with Crippen LogP contribution in [0, 0.1) is 6.92 Å². The predicted octanol–water partition coefficient (Wildman–Crippen LogP) is 1.96. The lowest BCUT2D eigenvalue weighted by molar-refractivity contribution is -0.133. The Morgan fingerprint density at radius 2 is 2.07 bits per heavy atom. The minimum Gasteiger partial charge on any atom is -0.331 e. The van der Waals surface area contributed by atoms with Crippen LogP contribution < -0.4 is 5.56 Å². The fraction of sp³-hybridized carbons (Fsp3) is 0.429. The van der Waals surface area contributed by atoms with Crippen LogP contribution in [0.2, 0.25) is 0 Å². The zero-order valence-electron chi connectivity index (χ0n) is 16.2. The molecule has 0 saturated carbocycles. The van der Waals surface area contributed by atoms with Gasteiger partial charge in [0.05, 0.1) is 6.04 Å². The number of hydrogen-bond acceptors (Lipinski definition) is 4. The maximum Gasteiger partial charge on any atom is 0.254 e. The lowest BCUT2D eigenvalue weighted by Gasteiger charge is -2.26. The van der Waals surface area contributed by atoms with Crippen LogP contribution in [0.25, 0.3) is 0 Å². The first-order valence-corrected chi connectivity index (χ1v) is 9.76. The molecule has 1 atom stereocenters. The van der Waals surface area contributed by atoms with Crippen molar-refractivity contribution in [3.63, 3.8) is 0 Å². The minimum atomic E-state index is -0.245. The van der Waals surface area contributed by atoms with Gasteiger partial charge in [-0.1, -0.05) is 25.1 Å². The molecule has 0 bridgehead atoms. The number of carbonyl (C=O) groups is 2. The summed E-state index contributed by atoms with van der Waals surface area (Å²) in [5.74, 6) is 0.333. The number of aromatic nitrogens is 2. The van der Waals surface area contributed by atoms with E-state index >= 15 is 0 Å². The van der Waals surface area contributed by atoms with Gasteiger partial charge < -0.3 is 14.8 Å². The van der Waals surface area contributed by atoms with Crippen LogP contribution in [0.3, 0.4) is 0 Å². The van der Waals surface area contributed by atoms with Crippen LogP contribution in [0.15, 0.2) is 29.1 Å². The average molecular weight is 380 g/mol. The van der Waals surface area contributed by atoms with Gasteiger partial charge in [0.15, 0.2) is 0 Å². The Morgan fingerprint density at radius 1 is 1.29 bits per heavy atom. The number of hydrogen-bond donors (Lipinski definition) is 1. The predicted molar refractivity (Wildman–Crippen MR) is 104 cm³/mol. The number of aryl methyl sites for hydroxylation is 1. The highest BCUT2D eigenvalue weighted by molar-refractivity contribution is 6.00. The second kappa shape index (κ2) is 7.22. The van der Waals surface area contributed by atoms with Crippen molar-refractivity contribution < 1.29 is 9.59 Å². The fourth-order valence-corrected chi connectivity index (χ4v) is 4.25. The first-order valence-electron chi connectivity index (χ1n) is 9.76. The van der Waals surface area contributed by atoms with Gasteiger partial charge in [-0.3, -0.25) is 14.4 Å². The number of fused-ring (bicyclic) bond motifs is 1. The molecule has 0 radical (unpaired) electrons. The SMILES string of the molecule is CCc1c(C)nc(C2CCCN2C(=O)CN2Cc3ccccc3C2=O)[nH]c1=O. The summed E-state index contributed by atoms with van der Waals surface area (Å²) >= 11 is 0. The molecule has 3 heterocycles. The highest BCUT2D eigenvalue weighted by Crippen LogP contribution is 2.30. The molecule has 2 aliphatic heterocycles. The van der Waals surface area contributed by atoms with Crippen molar-refractivity contribution in [1.29, 1.82) is 0 Å². The lowest BCUT2D eigenvalue weighted by atomic mass is 10.1. The van der Waals surface area contributed by atoms with Crippen LogP contribution in [-0.2, 0) is 17.8 Å². The van der Waals surface area contributed by atoms with Gasteiger partial charge in [0, 0.05) is 29.9 Å². The molecule has 2 aliphatic rings. The van der Waals surface area contributed by atoms with Gasteiger partial charge in [0.1, 0.15) is 12.4 Å². The van der Waals surface area contributed by atoms with Crippen molar-refractivity contribution in [3.8, 4) is 0 Å². The smallest absolute Gasteiger partial charge is 0.254 e. The van der Waals surface area contributed by atoms with Crippen LogP contribution in [0.4, 0.5) is 0 Å². The van der Waals surface area contributed by atoms with Crippen molar-refractivity contribution in [2.24, 2.45) is 0 Å². The molecule has 0 aliphatic carbocycles. The van der Waals surface area contributed by atoms with Gasteiger partial charge in [0.25, 0.3) is 11.5 Å². The number of likely N-dealkylation sites (tertiary alicyclic amines) is 1. The topological polar surface area (TPSA) is 86.4 Å². The van der Waals surface area contributed by atoms with Crippen molar-refractivity contribution in [3.05, 3.63) is 62.8 Å². The molecular formula is C21H24N4O3. The Labute approximate surface area is 163 Å². The summed E-state index contributed by atoms with van der Waals surface area (Å²) in [6.45, 7) is 4.86. The number of carbonyl (C=O) groups excluding carboxylic acids is 2. The summed E-state index contributed by atoms with van der Waals surface area (Å²) in [5.41, 5.74) is 2.89. The number of nitrogens with one attached hydrogen (secondary N) is 1. The van der Waals surface area contributed by atoms with Crippen LogP contribution in [-0.4, -0.2) is 44.7 Å². The number of H-pyrrole nitrogens is 1. The number of aromatic amines is 1. The van der Waals surface area contributed by atoms with Crippen molar-refractivity contribution in [2.45, 2.75) is 45.7 Å². The third kappa shape index (κ3) is 3.10. The van der Waals surface area contributed by atoms with E-state index in [1.807, 2.05) is 32.0 Å². The number of amides is 2. The van der Waals surface area contributed by atoms with E-state index in [9.17, 15) is 14.4 Å². The zero-order chi connectivity index (χ0) is 19.8. The summed E-state index contributed by atoms with van der Waals surface area (Å²) in [5, 5.41) is 0. The molecule has 1 saturated heterocycles. The van der Waals surface area contributed by atoms with Gasteiger partial charge in [-0.05, 0) is 37.8 Å². The number of benzene rings is 1. The molecule has 2 aromatic rings. The van der Waals surface area contributed by atoms with Crippen LogP contribution >= 0.6 is 0 Å². The molecule has 146 valence electrons. The summed E-state index contributed by atoms with van der Waals surface area (Å²) in [4.78, 5) is 48.6. The molecule has 1 unspecified atom stereocenters. The summed E-state index contributed by atoms with van der Waals surface area (Å²) in [6.07, 6.45) is 2.23. The maximum absolute atomic E-state index is 13.0. The lowest BCUT2D eigenvalue weighted by Crippen LogP contribution is -2.41. The monoisotopic (exact) mass is 380 g/mol. The molecule has 7 heteroatoms. The Morgan fingerprint density at radius 3 is 2.79 bits per heavy atom. The molecule has 28 heavy (non-hydrogen) atoms. The average Bonchev–Trinajstić information content (AvgIpc) is 3.27. The first-order chi connectivity index (χ1) is 13.5. The maximum atomic E-state index is 13.0. The molecule has 0 spiro atoms. The second-order valence-electron chi connectivity index (χ2n) is 7.43. The van der Waals surface area contributed by atoms with Crippen molar-refractivity contribution in [2.75, 3.05) is 13.1 Å². The minimum absolute atomic E-state index is 0.0419.